The van der Waals surface area contributed by atoms with Gasteiger partial charge in [-0.05, 0) is 41.7 Å². The van der Waals surface area contributed by atoms with Crippen molar-refractivity contribution in [2.24, 2.45) is 11.8 Å². The molecule has 0 aliphatic carbocycles. The summed E-state index contributed by atoms with van der Waals surface area (Å²) in [5, 5.41) is 12.7. The second-order valence-electron chi connectivity index (χ2n) is 7.70. The van der Waals surface area contributed by atoms with Gasteiger partial charge in [0.05, 0.1) is 5.56 Å². The molecule has 2 unspecified atom stereocenters. The van der Waals surface area contributed by atoms with Gasteiger partial charge in [-0.25, -0.2) is 9.59 Å². The van der Waals surface area contributed by atoms with Gasteiger partial charge in [0.25, 0.3) is 0 Å². The molecule has 7 nitrogen and oxygen atoms in total. The van der Waals surface area contributed by atoms with Crippen LogP contribution in [-0.4, -0.2) is 62.9 Å². The number of carboxylic acids is 1. The van der Waals surface area contributed by atoms with Crippen LogP contribution in [0.4, 0.5) is 18.0 Å². The number of carbonyl (C=O) groups excluding carboxylic acids is 1. The van der Waals surface area contributed by atoms with Crippen LogP contribution in [0.5, 0.6) is 0 Å². The van der Waals surface area contributed by atoms with Gasteiger partial charge in [-0.15, -0.1) is 0 Å². The molecule has 30 heavy (non-hydrogen) atoms. The molecule has 2 aliphatic rings. The van der Waals surface area contributed by atoms with E-state index in [-0.39, 0.29) is 28.6 Å². The van der Waals surface area contributed by atoms with E-state index < -0.39 is 17.7 Å². The van der Waals surface area contributed by atoms with Gasteiger partial charge in [0.2, 0.25) is 0 Å². The lowest BCUT2D eigenvalue weighted by atomic mass is 10.0. The fourth-order valence-corrected chi connectivity index (χ4v) is 4.49. The average Bonchev–Trinajstić information content (AvgIpc) is 3.34. The molecule has 0 bridgehead atoms. The molecule has 4 rings (SSSR count). The van der Waals surface area contributed by atoms with E-state index in [4.69, 9.17) is 16.7 Å². The van der Waals surface area contributed by atoms with E-state index in [1.807, 2.05) is 0 Å². The Morgan fingerprint density at radius 1 is 1.13 bits per heavy atom. The molecule has 1 aromatic heterocycles. The van der Waals surface area contributed by atoms with Crippen molar-refractivity contribution < 1.29 is 27.9 Å². The van der Waals surface area contributed by atoms with Crippen molar-refractivity contribution in [2.75, 3.05) is 26.2 Å². The lowest BCUT2D eigenvalue weighted by Gasteiger charge is -2.22. The summed E-state index contributed by atoms with van der Waals surface area (Å²) in [4.78, 5) is 27.2. The van der Waals surface area contributed by atoms with Gasteiger partial charge in [0.15, 0.2) is 5.69 Å². The summed E-state index contributed by atoms with van der Waals surface area (Å²) in [5.41, 5.74) is -0.463. The molecule has 0 radical (unpaired) electrons. The first-order valence-corrected chi connectivity index (χ1v) is 9.65. The Labute approximate surface area is 174 Å². The Hall–Kier alpha value is -2.59. The third-order valence-corrected chi connectivity index (χ3v) is 5.75. The van der Waals surface area contributed by atoms with Crippen LogP contribution in [0.3, 0.4) is 0 Å². The number of amides is 1. The predicted molar refractivity (Wildman–Crippen MR) is 100 cm³/mol. The number of rotatable bonds is 3. The van der Waals surface area contributed by atoms with Crippen LogP contribution in [0.2, 0.25) is 5.02 Å². The number of carbonyl (C=O) groups is 2. The summed E-state index contributed by atoms with van der Waals surface area (Å²) >= 11 is 5.86. The highest BCUT2D eigenvalue weighted by atomic mass is 35.5. The van der Waals surface area contributed by atoms with Crippen molar-refractivity contribution in [1.82, 2.24) is 19.6 Å². The number of fused-ring (bicyclic) bond motifs is 1. The highest BCUT2D eigenvalue weighted by Gasteiger charge is 2.42. The van der Waals surface area contributed by atoms with Gasteiger partial charge in [0.1, 0.15) is 0 Å². The minimum atomic E-state index is -4.45. The van der Waals surface area contributed by atoms with Crippen LogP contribution in [0.1, 0.15) is 21.6 Å². The Morgan fingerprint density at radius 3 is 2.37 bits per heavy atom. The Balaban J connectivity index is 1.37. The largest absolute Gasteiger partial charge is 0.476 e. The zero-order valence-corrected chi connectivity index (χ0v) is 16.4. The first kappa shape index (κ1) is 20.7. The second kappa shape index (κ2) is 7.59. The molecule has 11 heteroatoms. The molecule has 2 aliphatic heterocycles. The van der Waals surface area contributed by atoms with E-state index in [0.29, 0.717) is 38.3 Å². The van der Waals surface area contributed by atoms with Crippen molar-refractivity contribution in [2.45, 2.75) is 12.7 Å². The van der Waals surface area contributed by atoms with Gasteiger partial charge in [-0.2, -0.15) is 23.0 Å². The summed E-state index contributed by atoms with van der Waals surface area (Å²) in [6, 6.07) is 4.46. The molecule has 3 heterocycles. The van der Waals surface area contributed by atoms with Crippen LogP contribution in [-0.2, 0) is 12.7 Å². The van der Waals surface area contributed by atoms with Gasteiger partial charge < -0.3 is 10.0 Å². The molecule has 1 amide bonds. The molecule has 1 aromatic carbocycles. The highest BCUT2D eigenvalue weighted by molar-refractivity contribution is 6.30. The molecule has 0 spiro atoms. The number of nitrogens with zero attached hydrogens (tertiary/aromatic N) is 4. The van der Waals surface area contributed by atoms with Gasteiger partial charge >= 0.3 is 18.2 Å². The summed E-state index contributed by atoms with van der Waals surface area (Å²) < 4.78 is 40.0. The number of aromatic nitrogens is 2. The Bertz CT molecular complexity index is 980. The number of halogens is 4. The predicted octanol–water partition coefficient (Wildman–Crippen LogP) is 3.29. The number of carboxylic acid groups (broad SMARTS) is 1. The molecular weight excluding hydrogens is 425 g/mol. The maximum absolute atomic E-state index is 13.0. The molecule has 160 valence electrons. The topological polar surface area (TPSA) is 78.7 Å². The SMILES string of the molecule is O=C(O)c1ccn(C(=O)N2CC3CN(Cc4cc(Cl)cc(C(F)(F)F)c4)CC3C2)n1. The molecule has 1 N–H and O–H groups in total. The molecular formula is C19H18ClF3N4O3. The number of alkyl halides is 3. The van der Waals surface area contributed by atoms with Gasteiger partial charge in [-0.1, -0.05) is 11.6 Å². The maximum atomic E-state index is 13.0. The smallest absolute Gasteiger partial charge is 0.416 e. The normalized spacial score (nSPS) is 21.8. The highest BCUT2D eigenvalue weighted by Crippen LogP contribution is 2.35. The summed E-state index contributed by atoms with van der Waals surface area (Å²) in [7, 11) is 0. The summed E-state index contributed by atoms with van der Waals surface area (Å²) in [6.45, 7) is 2.65. The van der Waals surface area contributed by atoms with Crippen LogP contribution in [0.25, 0.3) is 0 Å². The third-order valence-electron chi connectivity index (χ3n) is 5.53. The molecule has 2 aromatic rings. The van der Waals surface area contributed by atoms with E-state index in [1.54, 1.807) is 11.0 Å². The maximum Gasteiger partial charge on any atom is 0.416 e. The monoisotopic (exact) mass is 442 g/mol. The quantitative estimate of drug-likeness (QED) is 0.789. The van der Waals surface area contributed by atoms with Crippen molar-refractivity contribution in [3.8, 4) is 0 Å². The summed E-state index contributed by atoms with van der Waals surface area (Å²) in [6.07, 6.45) is -3.13. The third kappa shape index (κ3) is 4.15. The first-order valence-electron chi connectivity index (χ1n) is 9.27. The summed E-state index contributed by atoms with van der Waals surface area (Å²) in [5.74, 6) is -0.806. The number of hydrogen-bond acceptors (Lipinski definition) is 4. The lowest BCUT2D eigenvalue weighted by Crippen LogP contribution is -2.36. The van der Waals surface area contributed by atoms with E-state index in [1.165, 1.54) is 12.3 Å². The zero-order valence-electron chi connectivity index (χ0n) is 15.6. The Morgan fingerprint density at radius 2 is 1.80 bits per heavy atom. The van der Waals surface area contributed by atoms with E-state index >= 15 is 0 Å². The van der Waals surface area contributed by atoms with Gasteiger partial charge in [0, 0.05) is 43.9 Å². The number of benzene rings is 1. The molecule has 0 saturated carbocycles. The molecule has 2 atom stereocenters. The number of likely N-dealkylation sites (tertiary alicyclic amines) is 2. The molecule has 2 saturated heterocycles. The number of hydrogen-bond donors (Lipinski definition) is 1. The fraction of sp³-hybridized carbons (Fsp3) is 0.421. The van der Waals surface area contributed by atoms with Crippen molar-refractivity contribution >= 4 is 23.6 Å². The minimum absolute atomic E-state index is 0.0518. The standard InChI is InChI=1S/C19H18ClF3N4O3/c20-15-4-11(3-14(5-15)19(21,22)23)6-25-7-12-9-26(10-13(12)8-25)18(30)27-2-1-16(24-27)17(28)29/h1-5,12-13H,6-10H2,(H,28,29). The van der Waals surface area contributed by atoms with Crippen LogP contribution >= 0.6 is 11.6 Å². The van der Waals surface area contributed by atoms with Crippen molar-refractivity contribution in [3.63, 3.8) is 0 Å². The number of aromatic carboxylic acids is 1. The van der Waals surface area contributed by atoms with Crippen LogP contribution < -0.4 is 0 Å². The minimum Gasteiger partial charge on any atom is -0.476 e. The van der Waals surface area contributed by atoms with E-state index in [0.717, 1.165) is 16.8 Å². The van der Waals surface area contributed by atoms with Crippen LogP contribution in [0, 0.1) is 11.8 Å². The van der Waals surface area contributed by atoms with Crippen LogP contribution in [0.15, 0.2) is 30.5 Å². The van der Waals surface area contributed by atoms with Crippen molar-refractivity contribution in [1.29, 1.82) is 0 Å². The average molecular weight is 443 g/mol. The van der Waals surface area contributed by atoms with E-state index in [2.05, 4.69) is 10.00 Å². The zero-order chi connectivity index (χ0) is 21.6. The van der Waals surface area contributed by atoms with Crippen molar-refractivity contribution in [3.05, 3.63) is 52.3 Å². The van der Waals surface area contributed by atoms with Gasteiger partial charge in [-0.3, -0.25) is 4.90 Å². The first-order chi connectivity index (χ1) is 14.1. The Kier molecular flexibility index (Phi) is 5.23. The lowest BCUT2D eigenvalue weighted by molar-refractivity contribution is -0.137. The second-order valence-corrected chi connectivity index (χ2v) is 8.13. The van der Waals surface area contributed by atoms with E-state index in [9.17, 15) is 22.8 Å². The fourth-order valence-electron chi connectivity index (χ4n) is 4.23. The molecule has 2 fully saturated rings.